The Morgan fingerprint density at radius 2 is 1.97 bits per heavy atom. The van der Waals surface area contributed by atoms with E-state index in [9.17, 15) is 9.59 Å². The van der Waals surface area contributed by atoms with Crippen molar-refractivity contribution in [2.24, 2.45) is 0 Å². The van der Waals surface area contributed by atoms with Gasteiger partial charge in [0.05, 0.1) is 32.4 Å². The van der Waals surface area contributed by atoms with Crippen molar-refractivity contribution in [1.29, 1.82) is 0 Å². The van der Waals surface area contributed by atoms with Crippen LogP contribution < -0.4 is 9.47 Å². The molecule has 0 saturated carbocycles. The Bertz CT molecular complexity index is 1180. The second-order valence-corrected chi connectivity index (χ2v) is 7.42. The summed E-state index contributed by atoms with van der Waals surface area (Å²) in [4.78, 5) is 31.6. The van der Waals surface area contributed by atoms with Gasteiger partial charge in [-0.15, -0.1) is 0 Å². The summed E-state index contributed by atoms with van der Waals surface area (Å²) >= 11 is 0. The van der Waals surface area contributed by atoms with Gasteiger partial charge in [-0.3, -0.25) is 4.79 Å². The van der Waals surface area contributed by atoms with Crippen LogP contribution in [-0.4, -0.2) is 48.6 Å². The van der Waals surface area contributed by atoms with Crippen molar-refractivity contribution < 1.29 is 23.8 Å². The molecule has 3 aromatic rings. The summed E-state index contributed by atoms with van der Waals surface area (Å²) in [5.74, 6) is 0.210. The molecule has 2 aromatic carbocycles. The number of nitrogens with zero attached hydrogens (tertiary/aromatic N) is 1. The molecule has 5 rings (SSSR count). The number of carbonyl (C=O) groups excluding carboxylic acids is 2. The first-order valence-electron chi connectivity index (χ1n) is 9.94. The van der Waals surface area contributed by atoms with E-state index in [1.165, 1.54) is 14.2 Å². The number of methoxy groups -OCH3 is 2. The van der Waals surface area contributed by atoms with Gasteiger partial charge in [0.25, 0.3) is 5.91 Å². The predicted octanol–water partition coefficient (Wildman–Crippen LogP) is 3.22. The third kappa shape index (κ3) is 2.38. The summed E-state index contributed by atoms with van der Waals surface area (Å²) < 4.78 is 16.3. The van der Waals surface area contributed by atoms with Crippen LogP contribution in [0, 0.1) is 0 Å². The fraction of sp³-hybridized carbons (Fsp3) is 0.304. The number of rotatable bonds is 4. The van der Waals surface area contributed by atoms with Gasteiger partial charge >= 0.3 is 5.97 Å². The molecule has 0 radical (unpaired) electrons. The lowest BCUT2D eigenvalue weighted by Crippen LogP contribution is -2.48. The highest BCUT2D eigenvalue weighted by atomic mass is 16.5. The van der Waals surface area contributed by atoms with E-state index in [4.69, 9.17) is 14.2 Å². The van der Waals surface area contributed by atoms with E-state index >= 15 is 0 Å². The van der Waals surface area contributed by atoms with Gasteiger partial charge in [0.1, 0.15) is 6.04 Å². The Kier molecular flexibility index (Phi) is 4.20. The normalized spacial score (nSPS) is 19.3. The number of aromatic amines is 1. The van der Waals surface area contributed by atoms with Crippen LogP contribution in [0.1, 0.15) is 40.1 Å². The summed E-state index contributed by atoms with van der Waals surface area (Å²) in [5, 5.41) is 1.06. The molecule has 0 spiro atoms. The van der Waals surface area contributed by atoms with Gasteiger partial charge in [-0.2, -0.15) is 0 Å². The first-order chi connectivity index (χ1) is 14.6. The molecule has 1 aromatic heterocycles. The number of nitrogens with one attached hydrogen (secondary N) is 1. The number of para-hydroxylation sites is 1. The summed E-state index contributed by atoms with van der Waals surface area (Å²) in [6.07, 6.45) is 0.397. The largest absolute Gasteiger partial charge is 0.493 e. The van der Waals surface area contributed by atoms with Gasteiger partial charge in [-0.05, 0) is 30.2 Å². The standard InChI is InChI=1S/C23H22N2O5/c1-4-30-23(27)16-11-14-12-7-5-6-8-15(12)24-19(14)20-13-9-10-17(28-2)21(29-3)18(13)22(26)25(16)20/h5-10,16,20,24H,4,11H2,1-3H3/t16-,20+/m1/s1. The molecule has 2 atom stereocenters. The number of carbonyl (C=O) groups is 2. The molecular weight excluding hydrogens is 384 g/mol. The van der Waals surface area contributed by atoms with Crippen LogP contribution in [0.3, 0.4) is 0 Å². The molecule has 2 aliphatic rings. The molecule has 2 aliphatic heterocycles. The monoisotopic (exact) mass is 406 g/mol. The number of amides is 1. The Hall–Kier alpha value is -3.48. The van der Waals surface area contributed by atoms with Crippen LogP contribution in [-0.2, 0) is 16.0 Å². The van der Waals surface area contributed by atoms with E-state index in [0.29, 0.717) is 23.5 Å². The SMILES string of the molecule is CCOC(=O)[C@H]1Cc2c([nH]c3ccccc23)[C@@H]2c3ccc(OC)c(OC)c3C(=O)N21. The minimum atomic E-state index is -0.711. The Balaban J connectivity index is 1.78. The molecule has 0 saturated heterocycles. The molecule has 0 aliphatic carbocycles. The van der Waals surface area contributed by atoms with Crippen molar-refractivity contribution in [3.05, 3.63) is 58.8 Å². The van der Waals surface area contributed by atoms with E-state index in [1.807, 2.05) is 30.3 Å². The molecule has 1 N–H and O–H groups in total. The van der Waals surface area contributed by atoms with Gasteiger partial charge in [0.15, 0.2) is 11.5 Å². The van der Waals surface area contributed by atoms with Crippen molar-refractivity contribution in [1.82, 2.24) is 9.88 Å². The smallest absolute Gasteiger partial charge is 0.329 e. The Morgan fingerprint density at radius 1 is 1.17 bits per heavy atom. The van der Waals surface area contributed by atoms with E-state index in [-0.39, 0.29) is 12.5 Å². The quantitative estimate of drug-likeness (QED) is 0.673. The summed E-state index contributed by atoms with van der Waals surface area (Å²) in [6, 6.07) is 10.5. The minimum Gasteiger partial charge on any atom is -0.493 e. The average molecular weight is 406 g/mol. The number of hydrogen-bond acceptors (Lipinski definition) is 5. The molecule has 0 unspecified atom stereocenters. The highest BCUT2D eigenvalue weighted by Crippen LogP contribution is 2.50. The Morgan fingerprint density at radius 3 is 2.70 bits per heavy atom. The van der Waals surface area contributed by atoms with Crippen molar-refractivity contribution in [3.63, 3.8) is 0 Å². The molecule has 1 amide bonds. The third-order valence-corrected chi connectivity index (χ3v) is 6.01. The van der Waals surface area contributed by atoms with Crippen LogP contribution in [0.2, 0.25) is 0 Å². The number of H-pyrrole nitrogens is 1. The lowest BCUT2D eigenvalue weighted by Gasteiger charge is -2.36. The lowest BCUT2D eigenvalue weighted by molar-refractivity contribution is -0.149. The molecular formula is C23H22N2O5. The summed E-state index contributed by atoms with van der Waals surface area (Å²) in [5.41, 5.74) is 4.17. The Labute approximate surface area is 173 Å². The van der Waals surface area contributed by atoms with Gasteiger partial charge in [0, 0.05) is 23.0 Å². The average Bonchev–Trinajstić information content (AvgIpc) is 3.28. The molecule has 7 heteroatoms. The van der Waals surface area contributed by atoms with Crippen molar-refractivity contribution in [2.75, 3.05) is 20.8 Å². The third-order valence-electron chi connectivity index (χ3n) is 6.01. The number of esters is 1. The number of hydrogen-bond donors (Lipinski definition) is 1. The van der Waals surface area contributed by atoms with Gasteiger partial charge in [-0.25, -0.2) is 4.79 Å². The van der Waals surface area contributed by atoms with Gasteiger partial charge in [0.2, 0.25) is 0 Å². The fourth-order valence-electron chi connectivity index (χ4n) is 4.80. The zero-order valence-electron chi connectivity index (χ0n) is 17.0. The van der Waals surface area contributed by atoms with Crippen molar-refractivity contribution in [2.45, 2.75) is 25.4 Å². The first kappa shape index (κ1) is 18.5. The van der Waals surface area contributed by atoms with Gasteiger partial charge < -0.3 is 24.1 Å². The van der Waals surface area contributed by atoms with Crippen molar-refractivity contribution in [3.8, 4) is 11.5 Å². The minimum absolute atomic E-state index is 0.256. The molecule has 154 valence electrons. The first-order valence-corrected chi connectivity index (χ1v) is 9.94. The van der Waals surface area contributed by atoms with Crippen LogP contribution in [0.4, 0.5) is 0 Å². The lowest BCUT2D eigenvalue weighted by atomic mass is 9.90. The topological polar surface area (TPSA) is 80.9 Å². The number of benzene rings is 2. The van der Waals surface area contributed by atoms with Crippen LogP contribution in [0.5, 0.6) is 11.5 Å². The molecule has 7 nitrogen and oxygen atoms in total. The van der Waals surface area contributed by atoms with Crippen LogP contribution >= 0.6 is 0 Å². The van der Waals surface area contributed by atoms with Gasteiger partial charge in [-0.1, -0.05) is 24.3 Å². The highest BCUT2D eigenvalue weighted by Gasteiger charge is 2.51. The van der Waals surface area contributed by atoms with Crippen LogP contribution in [0.15, 0.2) is 36.4 Å². The maximum atomic E-state index is 13.6. The fourth-order valence-corrected chi connectivity index (χ4v) is 4.80. The summed E-state index contributed by atoms with van der Waals surface area (Å²) in [6.45, 7) is 2.02. The zero-order valence-corrected chi connectivity index (χ0v) is 17.0. The predicted molar refractivity (Wildman–Crippen MR) is 110 cm³/mol. The second kappa shape index (κ2) is 6.79. The molecule has 0 bridgehead atoms. The second-order valence-electron chi connectivity index (χ2n) is 7.42. The molecule has 3 heterocycles. The highest BCUT2D eigenvalue weighted by molar-refractivity contribution is 6.06. The maximum Gasteiger partial charge on any atom is 0.329 e. The van der Waals surface area contributed by atoms with Crippen LogP contribution in [0.25, 0.3) is 10.9 Å². The maximum absolute atomic E-state index is 13.6. The van der Waals surface area contributed by atoms with E-state index < -0.39 is 18.1 Å². The summed E-state index contributed by atoms with van der Waals surface area (Å²) in [7, 11) is 3.05. The van der Waals surface area contributed by atoms with E-state index in [0.717, 1.165) is 27.7 Å². The molecule has 30 heavy (non-hydrogen) atoms. The van der Waals surface area contributed by atoms with Crippen molar-refractivity contribution >= 4 is 22.8 Å². The zero-order chi connectivity index (χ0) is 21.0. The number of aromatic nitrogens is 1. The van der Waals surface area contributed by atoms with E-state index in [2.05, 4.69) is 4.98 Å². The number of ether oxygens (including phenoxy) is 3. The number of fused-ring (bicyclic) bond motifs is 7. The molecule has 0 fully saturated rings. The van der Waals surface area contributed by atoms with E-state index in [1.54, 1.807) is 17.9 Å².